The first kappa shape index (κ1) is 22.6. The Kier molecular flexibility index (Phi) is 10.4. The topological polar surface area (TPSA) is 184 Å². The average molecular weight is 592 g/mol. The quantitative estimate of drug-likeness (QED) is 0.276. The maximum absolute atomic E-state index is 11.2. The van der Waals surface area contributed by atoms with Crippen LogP contribution in [0.3, 0.4) is 0 Å². The van der Waals surface area contributed by atoms with E-state index in [0.717, 1.165) is 0 Å². The Balaban J connectivity index is 0. The summed E-state index contributed by atoms with van der Waals surface area (Å²) in [6.07, 6.45) is 0. The summed E-state index contributed by atoms with van der Waals surface area (Å²) in [7, 11) is 0. The predicted octanol–water partition coefficient (Wildman–Crippen LogP) is 0.0751. The molecular formula is C8Cl2N2O8OsSe. The molecule has 10 nitrogen and oxygen atoms in total. The number of allylic oxidation sites excluding steroid dienone is 4. The molecule has 118 valence electrons. The van der Waals surface area contributed by atoms with Crippen molar-refractivity contribution in [1.29, 1.82) is 10.5 Å². The van der Waals surface area contributed by atoms with Crippen molar-refractivity contribution in [2.45, 2.75) is 0 Å². The molecule has 22 heavy (non-hydrogen) atoms. The Morgan fingerprint density at radius 2 is 1.00 bits per heavy atom. The first-order chi connectivity index (χ1) is 9.95. The average Bonchev–Trinajstić information content (AvgIpc) is 2.39. The number of halogens is 2. The summed E-state index contributed by atoms with van der Waals surface area (Å²) < 4.78 is 51.4. The number of hydrogen-bond acceptors (Lipinski definition) is 10. The van der Waals surface area contributed by atoms with E-state index < -0.39 is 62.4 Å². The monoisotopic (exact) mass is 594 g/mol. The van der Waals surface area contributed by atoms with Crippen LogP contribution in [0.4, 0.5) is 0 Å². The molecule has 14 heteroatoms. The molecule has 0 bridgehead atoms. The zero-order valence-corrected chi connectivity index (χ0v) is 15.4. The first-order valence-electron chi connectivity index (χ1n) is 4.14. The van der Waals surface area contributed by atoms with Crippen LogP contribution < -0.4 is 0 Å². The molecule has 0 saturated carbocycles. The molecule has 0 amide bonds. The molecule has 1 aliphatic carbocycles. The minimum absolute atomic E-state index is 0.521. The van der Waals surface area contributed by atoms with E-state index in [-0.39, 0.29) is 0 Å². The van der Waals surface area contributed by atoms with Crippen molar-refractivity contribution < 1.29 is 46.3 Å². The van der Waals surface area contributed by atoms with Crippen molar-refractivity contribution in [1.82, 2.24) is 0 Å². The third-order valence-electron chi connectivity index (χ3n) is 1.52. The third-order valence-corrected chi connectivity index (χ3v) is 2.34. The molecule has 0 spiro atoms. The van der Waals surface area contributed by atoms with Crippen molar-refractivity contribution >= 4 is 49.6 Å². The maximum atomic E-state index is 11.2. The fraction of sp³-hybridized carbons (Fsp3) is 0. The van der Waals surface area contributed by atoms with Crippen LogP contribution in [-0.4, -0.2) is 26.4 Å². The second-order valence-electron chi connectivity index (χ2n) is 2.68. The van der Waals surface area contributed by atoms with Crippen molar-refractivity contribution in [3.63, 3.8) is 0 Å². The number of carbonyl (C=O) groups excluding carboxylic acids is 2. The van der Waals surface area contributed by atoms with Crippen LogP contribution in [0, 0.1) is 22.7 Å². The van der Waals surface area contributed by atoms with Crippen LogP contribution in [0.25, 0.3) is 0 Å². The fourth-order valence-electron chi connectivity index (χ4n) is 0.859. The van der Waals surface area contributed by atoms with Crippen molar-refractivity contribution in [2.75, 3.05) is 0 Å². The number of rotatable bonds is 0. The number of carbonyl (C=O) groups is 2. The number of nitriles is 2. The van der Waals surface area contributed by atoms with Crippen molar-refractivity contribution in [2.24, 2.45) is 0 Å². The van der Waals surface area contributed by atoms with Gasteiger partial charge in [-0.3, -0.25) is 9.59 Å². The summed E-state index contributed by atoms with van der Waals surface area (Å²) in [5.41, 5.74) is -1.13. The minimum atomic E-state index is -6.06. The van der Waals surface area contributed by atoms with Gasteiger partial charge in [-0.25, -0.2) is 0 Å². The molecule has 0 atom stereocenters. The van der Waals surface area contributed by atoms with Crippen LogP contribution in [0.2, 0.25) is 0 Å². The van der Waals surface area contributed by atoms with Gasteiger partial charge in [0.05, 0.1) is 0 Å². The standard InChI is InChI=1S/C8Cl2N2O2.O2Se.4O.Os/c9-5-6(10)8(14)4(2-12)3(1-11)7(5)13;1-3-2;;;;;. The fourth-order valence-corrected chi connectivity index (χ4v) is 1.22. The van der Waals surface area contributed by atoms with E-state index in [1.54, 1.807) is 0 Å². The second-order valence-corrected chi connectivity index (χ2v) is 6.26. The van der Waals surface area contributed by atoms with E-state index in [1.807, 2.05) is 0 Å². The van der Waals surface area contributed by atoms with Gasteiger partial charge in [0.1, 0.15) is 33.3 Å². The summed E-state index contributed by atoms with van der Waals surface area (Å²) in [5, 5.41) is 16.0. The summed E-state index contributed by atoms with van der Waals surface area (Å²) in [6, 6.07) is 2.89. The number of hydrogen-bond donors (Lipinski definition) is 0. The van der Waals surface area contributed by atoms with Gasteiger partial charge >= 0.3 is 51.5 Å². The number of nitrogens with zero attached hydrogens (tertiary/aromatic N) is 2. The summed E-state index contributed by atoms with van der Waals surface area (Å²) in [4.78, 5) is 22.4. The molecule has 0 heterocycles. The van der Waals surface area contributed by atoms with E-state index in [9.17, 15) is 9.59 Å². The normalized spacial score (nSPS) is 13.8. The molecule has 0 aromatic heterocycles. The van der Waals surface area contributed by atoms with Gasteiger partial charge in [-0.05, 0) is 0 Å². The van der Waals surface area contributed by atoms with Gasteiger partial charge in [-0.15, -0.1) is 0 Å². The Bertz CT molecular complexity index is 843. The van der Waals surface area contributed by atoms with Crippen LogP contribution in [-0.2, 0) is 46.3 Å². The first-order valence-corrected chi connectivity index (χ1v) is 10.4. The molecule has 0 saturated heterocycles. The van der Waals surface area contributed by atoms with E-state index in [2.05, 4.69) is 0 Å². The molecule has 0 unspecified atom stereocenters. The van der Waals surface area contributed by atoms with Gasteiger partial charge in [-0.2, -0.15) is 10.5 Å². The summed E-state index contributed by atoms with van der Waals surface area (Å²) >= 11 is 3.10. The molecule has 0 radical (unpaired) electrons. The van der Waals surface area contributed by atoms with Gasteiger partial charge in [0.15, 0.2) is 0 Å². The molecule has 1 rings (SSSR count). The van der Waals surface area contributed by atoms with E-state index in [0.29, 0.717) is 0 Å². The van der Waals surface area contributed by atoms with E-state index >= 15 is 0 Å². The van der Waals surface area contributed by atoms with E-state index in [1.165, 1.54) is 12.1 Å². The van der Waals surface area contributed by atoms with E-state index in [4.69, 9.17) is 55.6 Å². The van der Waals surface area contributed by atoms with Gasteiger partial charge in [0.25, 0.3) is 0 Å². The van der Waals surface area contributed by atoms with Gasteiger partial charge in [0, 0.05) is 0 Å². The second kappa shape index (κ2) is 10.1. The Morgan fingerprint density at radius 1 is 0.818 bits per heavy atom. The van der Waals surface area contributed by atoms with Gasteiger partial charge in [-0.1, -0.05) is 23.2 Å². The molecule has 1 aliphatic rings. The predicted molar refractivity (Wildman–Crippen MR) is 56.9 cm³/mol. The Morgan fingerprint density at radius 3 is 1.14 bits per heavy atom. The molecule has 0 fully saturated rings. The molecule has 0 aliphatic heterocycles. The van der Waals surface area contributed by atoms with Crippen LogP contribution in [0.1, 0.15) is 0 Å². The molecule has 0 aromatic carbocycles. The zero-order valence-electron chi connectivity index (χ0n) is 9.68. The van der Waals surface area contributed by atoms with Crippen molar-refractivity contribution in [3.8, 4) is 12.1 Å². The summed E-state index contributed by atoms with van der Waals surface area (Å²) in [6.45, 7) is 0. The van der Waals surface area contributed by atoms with Crippen molar-refractivity contribution in [3.05, 3.63) is 21.2 Å². The van der Waals surface area contributed by atoms with Gasteiger partial charge in [0.2, 0.25) is 11.6 Å². The zero-order chi connectivity index (χ0) is 18.1. The Labute approximate surface area is 139 Å². The molecule has 0 aromatic rings. The number of ketones is 2. The molecular weight excluding hydrogens is 592 g/mol. The van der Waals surface area contributed by atoms with Crippen LogP contribution in [0.5, 0.6) is 0 Å². The third kappa shape index (κ3) is 7.95. The van der Waals surface area contributed by atoms with Crippen LogP contribution >= 0.6 is 23.2 Å². The van der Waals surface area contributed by atoms with Gasteiger partial charge < -0.3 is 0 Å². The molecule has 0 N–H and O–H groups in total. The summed E-state index contributed by atoms with van der Waals surface area (Å²) in [5.74, 6) is -1.79. The Hall–Kier alpha value is -1.66. The van der Waals surface area contributed by atoms with Crippen LogP contribution in [0.15, 0.2) is 21.2 Å². The number of Topliss-reactive ketones (excluding diaryl/α,β-unsaturated/α-hetero) is 2. The SMILES string of the molecule is N#CC1=C(C#N)C(=O)C(Cl)=C(Cl)C1=O.O=[Se]=O.[O]=[Os](=[O])(=[O])=[O].